The second kappa shape index (κ2) is 6.84. The number of benzene rings is 1. The highest BCUT2D eigenvalue weighted by Gasteiger charge is 2.01. The van der Waals surface area contributed by atoms with E-state index in [2.05, 4.69) is 24.0 Å². The van der Waals surface area contributed by atoms with Crippen LogP contribution in [0.3, 0.4) is 0 Å². The highest BCUT2D eigenvalue weighted by Crippen LogP contribution is 2.21. The molecular formula is C16H22ClN. The molecule has 0 spiro atoms. The van der Waals surface area contributed by atoms with Gasteiger partial charge in [0.1, 0.15) is 0 Å². The molecular weight excluding hydrogens is 242 g/mol. The molecule has 0 aliphatic heterocycles. The maximum Gasteiger partial charge on any atom is 0.0457 e. The lowest BCUT2D eigenvalue weighted by Gasteiger charge is -1.99. The molecule has 1 N–H and O–H groups in total. The summed E-state index contributed by atoms with van der Waals surface area (Å²) in [6.07, 6.45) is 9.24. The summed E-state index contributed by atoms with van der Waals surface area (Å²) in [5.74, 6) is 0. The molecule has 1 aromatic carbocycles. The van der Waals surface area contributed by atoms with Crippen LogP contribution in [-0.2, 0) is 6.42 Å². The number of hydrogen-bond donors (Lipinski definition) is 1. The third-order valence-corrected chi connectivity index (χ3v) is 3.67. The van der Waals surface area contributed by atoms with Crippen molar-refractivity contribution in [3.8, 4) is 0 Å². The third-order valence-electron chi connectivity index (χ3n) is 3.44. The minimum atomic E-state index is 0.813. The average molecular weight is 264 g/mol. The normalized spacial score (nSPS) is 11.2. The molecule has 1 aromatic heterocycles. The summed E-state index contributed by atoms with van der Waals surface area (Å²) in [6.45, 7) is 2.26. The summed E-state index contributed by atoms with van der Waals surface area (Å²) in [6, 6.07) is 8.25. The van der Waals surface area contributed by atoms with Crippen LogP contribution in [0.25, 0.3) is 10.9 Å². The smallest absolute Gasteiger partial charge is 0.0457 e. The first-order valence-corrected chi connectivity index (χ1v) is 7.44. The third kappa shape index (κ3) is 3.78. The van der Waals surface area contributed by atoms with Crippen molar-refractivity contribution in [2.75, 3.05) is 0 Å². The van der Waals surface area contributed by atoms with E-state index in [1.54, 1.807) is 0 Å². The van der Waals surface area contributed by atoms with Gasteiger partial charge in [-0.3, -0.25) is 0 Å². The van der Waals surface area contributed by atoms with Gasteiger partial charge in [0.2, 0.25) is 0 Å². The van der Waals surface area contributed by atoms with Gasteiger partial charge in [-0.25, -0.2) is 0 Å². The Labute approximate surface area is 115 Å². The first-order chi connectivity index (χ1) is 8.79. The Hall–Kier alpha value is -0.950. The Morgan fingerprint density at radius 1 is 1.00 bits per heavy atom. The van der Waals surface area contributed by atoms with Gasteiger partial charge in [0.05, 0.1) is 0 Å². The number of H-pyrrole nitrogens is 1. The number of aryl methyl sites for hydroxylation is 1. The van der Waals surface area contributed by atoms with Gasteiger partial charge in [-0.1, -0.05) is 50.6 Å². The second-order valence-corrected chi connectivity index (χ2v) is 5.48. The van der Waals surface area contributed by atoms with Crippen molar-refractivity contribution in [1.29, 1.82) is 0 Å². The quantitative estimate of drug-likeness (QED) is 0.615. The van der Waals surface area contributed by atoms with E-state index >= 15 is 0 Å². The molecule has 1 nitrogen and oxygen atoms in total. The fourth-order valence-corrected chi connectivity index (χ4v) is 2.57. The molecule has 0 unspecified atom stereocenters. The van der Waals surface area contributed by atoms with Gasteiger partial charge < -0.3 is 4.98 Å². The SMILES string of the molecule is CCCCCCCCc1cc2cc(Cl)ccc2[nH]1. The first-order valence-electron chi connectivity index (χ1n) is 7.07. The minimum absolute atomic E-state index is 0.813. The molecule has 2 aromatic rings. The summed E-state index contributed by atoms with van der Waals surface area (Å²) in [5, 5.41) is 2.04. The second-order valence-electron chi connectivity index (χ2n) is 5.04. The van der Waals surface area contributed by atoms with Crippen LogP contribution in [0.4, 0.5) is 0 Å². The highest BCUT2D eigenvalue weighted by atomic mass is 35.5. The van der Waals surface area contributed by atoms with E-state index in [0.717, 1.165) is 11.4 Å². The molecule has 0 aliphatic rings. The van der Waals surface area contributed by atoms with E-state index in [9.17, 15) is 0 Å². The maximum absolute atomic E-state index is 5.99. The summed E-state index contributed by atoms with van der Waals surface area (Å²) in [5.41, 5.74) is 2.53. The molecule has 0 fully saturated rings. The van der Waals surface area contributed by atoms with Crippen molar-refractivity contribution in [3.05, 3.63) is 35.0 Å². The van der Waals surface area contributed by atoms with Gasteiger partial charge in [-0.2, -0.15) is 0 Å². The number of nitrogens with one attached hydrogen (secondary N) is 1. The predicted octanol–water partition coefficient (Wildman–Crippen LogP) is 5.72. The van der Waals surface area contributed by atoms with Crippen LogP contribution in [0, 0.1) is 0 Å². The predicted molar refractivity (Wildman–Crippen MR) is 80.4 cm³/mol. The summed E-state index contributed by atoms with van der Waals surface area (Å²) >= 11 is 5.99. The summed E-state index contributed by atoms with van der Waals surface area (Å²) in [7, 11) is 0. The van der Waals surface area contributed by atoms with Crippen molar-refractivity contribution >= 4 is 22.5 Å². The van der Waals surface area contributed by atoms with Gasteiger partial charge in [-0.05, 0) is 37.1 Å². The lowest BCUT2D eigenvalue weighted by molar-refractivity contribution is 0.605. The molecule has 1 heterocycles. The van der Waals surface area contributed by atoms with Crippen LogP contribution >= 0.6 is 11.6 Å². The van der Waals surface area contributed by atoms with Crippen molar-refractivity contribution in [3.63, 3.8) is 0 Å². The average Bonchev–Trinajstić information content (AvgIpc) is 2.75. The van der Waals surface area contributed by atoms with E-state index in [0.29, 0.717) is 0 Å². The zero-order valence-electron chi connectivity index (χ0n) is 11.1. The van der Waals surface area contributed by atoms with Gasteiger partial charge in [-0.15, -0.1) is 0 Å². The van der Waals surface area contributed by atoms with E-state index in [1.165, 1.54) is 55.1 Å². The minimum Gasteiger partial charge on any atom is -0.358 e. The number of aromatic nitrogens is 1. The first kappa shape index (κ1) is 13.5. The molecule has 2 heteroatoms. The highest BCUT2D eigenvalue weighted by molar-refractivity contribution is 6.31. The fourth-order valence-electron chi connectivity index (χ4n) is 2.39. The van der Waals surface area contributed by atoms with Crippen molar-refractivity contribution in [2.24, 2.45) is 0 Å². The number of rotatable bonds is 7. The number of aromatic amines is 1. The zero-order valence-corrected chi connectivity index (χ0v) is 11.9. The number of unbranched alkanes of at least 4 members (excludes halogenated alkanes) is 5. The topological polar surface area (TPSA) is 15.8 Å². The van der Waals surface area contributed by atoms with E-state index in [-0.39, 0.29) is 0 Å². The molecule has 2 rings (SSSR count). The lowest BCUT2D eigenvalue weighted by Crippen LogP contribution is -1.85. The van der Waals surface area contributed by atoms with Gasteiger partial charge in [0.15, 0.2) is 0 Å². The van der Waals surface area contributed by atoms with Gasteiger partial charge >= 0.3 is 0 Å². The summed E-state index contributed by atoms with van der Waals surface area (Å²) in [4.78, 5) is 3.47. The van der Waals surface area contributed by atoms with Crippen LogP contribution < -0.4 is 0 Å². The van der Waals surface area contributed by atoms with Crippen LogP contribution in [0.5, 0.6) is 0 Å². The Morgan fingerprint density at radius 2 is 1.78 bits per heavy atom. The van der Waals surface area contributed by atoms with Crippen LogP contribution in [0.2, 0.25) is 5.02 Å². The molecule has 0 aliphatic carbocycles. The molecule has 0 radical (unpaired) electrons. The zero-order chi connectivity index (χ0) is 12.8. The van der Waals surface area contributed by atoms with E-state index in [4.69, 9.17) is 11.6 Å². The standard InChI is InChI=1S/C16H22ClN/c1-2-3-4-5-6-7-8-15-12-13-11-14(17)9-10-16(13)18-15/h9-12,18H,2-8H2,1H3. The van der Waals surface area contributed by atoms with Crippen LogP contribution in [0.15, 0.2) is 24.3 Å². The lowest BCUT2D eigenvalue weighted by atomic mass is 10.1. The number of hydrogen-bond acceptors (Lipinski definition) is 0. The monoisotopic (exact) mass is 263 g/mol. The van der Waals surface area contributed by atoms with Crippen molar-refractivity contribution < 1.29 is 0 Å². The Balaban J connectivity index is 1.81. The molecule has 0 saturated carbocycles. The molecule has 0 saturated heterocycles. The van der Waals surface area contributed by atoms with Gasteiger partial charge in [0.25, 0.3) is 0 Å². The van der Waals surface area contributed by atoms with Crippen molar-refractivity contribution in [2.45, 2.75) is 51.9 Å². The summed E-state index contributed by atoms with van der Waals surface area (Å²) < 4.78 is 0. The molecule has 18 heavy (non-hydrogen) atoms. The van der Waals surface area contributed by atoms with Crippen LogP contribution in [-0.4, -0.2) is 4.98 Å². The largest absolute Gasteiger partial charge is 0.358 e. The molecule has 0 bridgehead atoms. The van der Waals surface area contributed by atoms with Gasteiger partial charge in [0, 0.05) is 21.6 Å². The Bertz CT molecular complexity index is 487. The maximum atomic E-state index is 5.99. The van der Waals surface area contributed by atoms with Crippen LogP contribution in [0.1, 0.15) is 51.1 Å². The molecule has 98 valence electrons. The number of fused-ring (bicyclic) bond motifs is 1. The van der Waals surface area contributed by atoms with Crippen molar-refractivity contribution in [1.82, 2.24) is 4.98 Å². The Kier molecular flexibility index (Phi) is 5.12. The molecule has 0 amide bonds. The number of halogens is 1. The molecule has 0 atom stereocenters. The van der Waals surface area contributed by atoms with E-state index in [1.807, 2.05) is 12.1 Å². The van der Waals surface area contributed by atoms with E-state index < -0.39 is 0 Å². The Morgan fingerprint density at radius 3 is 2.61 bits per heavy atom. The fraction of sp³-hybridized carbons (Fsp3) is 0.500.